The Kier molecular flexibility index (Phi) is 3.59. The zero-order valence-corrected chi connectivity index (χ0v) is 15.1. The molecule has 2 aromatic rings. The van der Waals surface area contributed by atoms with Gasteiger partial charge in [0.15, 0.2) is 5.78 Å². The average molecular weight is 378 g/mol. The molecule has 0 radical (unpaired) electrons. The molecule has 2 fully saturated rings. The predicted octanol–water partition coefficient (Wildman–Crippen LogP) is 3.88. The third-order valence-electron chi connectivity index (χ3n) is 5.95. The molecule has 2 aromatic carbocycles. The van der Waals surface area contributed by atoms with Crippen LogP contribution in [0.4, 0.5) is 5.69 Å². The summed E-state index contributed by atoms with van der Waals surface area (Å²) in [6.45, 7) is 0. The molecule has 1 saturated carbocycles. The Morgan fingerprint density at radius 3 is 2.19 bits per heavy atom. The molecular weight excluding hydrogens is 362 g/mol. The van der Waals surface area contributed by atoms with Gasteiger partial charge in [0, 0.05) is 16.1 Å². The van der Waals surface area contributed by atoms with Crippen molar-refractivity contribution in [2.75, 3.05) is 4.90 Å². The Morgan fingerprint density at radius 1 is 0.926 bits per heavy atom. The van der Waals surface area contributed by atoms with Crippen LogP contribution in [0.15, 0.2) is 60.7 Å². The number of benzene rings is 2. The molecule has 2 bridgehead atoms. The second-order valence-corrected chi connectivity index (χ2v) is 7.80. The molecule has 1 heterocycles. The maximum Gasteiger partial charge on any atom is 0.238 e. The summed E-state index contributed by atoms with van der Waals surface area (Å²) in [6, 6.07) is 13.5. The molecule has 0 aromatic heterocycles. The normalized spacial score (nSPS) is 28.1. The number of fused-ring (bicyclic) bond motifs is 5. The van der Waals surface area contributed by atoms with Gasteiger partial charge in [0.25, 0.3) is 0 Å². The van der Waals surface area contributed by atoms with E-state index >= 15 is 0 Å². The highest BCUT2D eigenvalue weighted by atomic mass is 35.5. The first-order valence-electron chi connectivity index (χ1n) is 9.01. The quantitative estimate of drug-likeness (QED) is 0.463. The molecule has 2 amide bonds. The SMILES string of the molecule is O=C(c1ccccc1)c1cc(Cl)ccc1N1C(=O)[C@H]2[C@H](C1=O)[C@H]1C=C[C@H]2C1. The molecular formula is C22H16ClNO3. The van der Waals surface area contributed by atoms with Crippen LogP contribution >= 0.6 is 11.6 Å². The van der Waals surface area contributed by atoms with E-state index in [1.54, 1.807) is 36.4 Å². The lowest BCUT2D eigenvalue weighted by Crippen LogP contribution is -2.34. The van der Waals surface area contributed by atoms with Crippen LogP contribution < -0.4 is 4.90 Å². The van der Waals surface area contributed by atoms with Crippen molar-refractivity contribution in [1.82, 2.24) is 0 Å². The van der Waals surface area contributed by atoms with E-state index in [1.165, 1.54) is 11.0 Å². The van der Waals surface area contributed by atoms with Gasteiger partial charge < -0.3 is 0 Å². The Balaban J connectivity index is 1.60. The summed E-state index contributed by atoms with van der Waals surface area (Å²) in [5.74, 6) is -1.01. The highest BCUT2D eigenvalue weighted by molar-refractivity contribution is 6.32. The number of carbonyl (C=O) groups excluding carboxylic acids is 3. The highest BCUT2D eigenvalue weighted by Crippen LogP contribution is 2.53. The molecule has 4 nitrogen and oxygen atoms in total. The molecule has 4 atom stereocenters. The second-order valence-electron chi connectivity index (χ2n) is 7.37. The van der Waals surface area contributed by atoms with Gasteiger partial charge in [-0.1, -0.05) is 54.1 Å². The fourth-order valence-corrected chi connectivity index (χ4v) is 4.94. The van der Waals surface area contributed by atoms with Gasteiger partial charge in [0.2, 0.25) is 11.8 Å². The minimum Gasteiger partial charge on any atom is -0.289 e. The van der Waals surface area contributed by atoms with Crippen molar-refractivity contribution in [3.8, 4) is 0 Å². The summed E-state index contributed by atoms with van der Waals surface area (Å²) >= 11 is 6.13. The van der Waals surface area contributed by atoms with E-state index in [9.17, 15) is 14.4 Å². The van der Waals surface area contributed by atoms with Crippen LogP contribution in [0.2, 0.25) is 5.02 Å². The van der Waals surface area contributed by atoms with Gasteiger partial charge >= 0.3 is 0 Å². The van der Waals surface area contributed by atoms with Crippen LogP contribution in [0.1, 0.15) is 22.3 Å². The Hall–Kier alpha value is -2.72. The van der Waals surface area contributed by atoms with E-state index in [0.717, 1.165) is 6.42 Å². The number of hydrogen-bond donors (Lipinski definition) is 0. The molecule has 0 N–H and O–H groups in total. The molecule has 1 aliphatic heterocycles. The summed E-state index contributed by atoms with van der Waals surface area (Å²) in [6.07, 6.45) is 4.98. The van der Waals surface area contributed by atoms with Crippen LogP contribution in [-0.2, 0) is 9.59 Å². The lowest BCUT2D eigenvalue weighted by atomic mass is 9.85. The minimum absolute atomic E-state index is 0.127. The molecule has 134 valence electrons. The molecule has 3 aliphatic rings. The van der Waals surface area contributed by atoms with E-state index in [0.29, 0.717) is 16.3 Å². The van der Waals surface area contributed by atoms with Gasteiger partial charge in [-0.25, -0.2) is 4.90 Å². The Labute approximate surface area is 161 Å². The molecule has 5 heteroatoms. The fourth-order valence-electron chi connectivity index (χ4n) is 4.77. The number of amides is 2. The van der Waals surface area contributed by atoms with Gasteiger partial charge in [0.1, 0.15) is 0 Å². The molecule has 2 aliphatic carbocycles. The van der Waals surface area contributed by atoms with Gasteiger partial charge in [-0.15, -0.1) is 0 Å². The third kappa shape index (κ3) is 2.33. The largest absolute Gasteiger partial charge is 0.289 e. The first kappa shape index (κ1) is 16.5. The van der Waals surface area contributed by atoms with Crippen molar-refractivity contribution in [3.63, 3.8) is 0 Å². The highest BCUT2D eigenvalue weighted by Gasteiger charge is 2.59. The average Bonchev–Trinajstić information content (AvgIpc) is 3.36. The summed E-state index contributed by atoms with van der Waals surface area (Å²) in [7, 11) is 0. The zero-order valence-electron chi connectivity index (χ0n) is 14.3. The van der Waals surface area contributed by atoms with Gasteiger partial charge in [-0.3, -0.25) is 14.4 Å². The van der Waals surface area contributed by atoms with Crippen LogP contribution in [0, 0.1) is 23.7 Å². The number of allylic oxidation sites excluding steroid dienone is 2. The van der Waals surface area contributed by atoms with Crippen LogP contribution in [0.3, 0.4) is 0 Å². The number of anilines is 1. The summed E-state index contributed by atoms with van der Waals surface area (Å²) in [4.78, 5) is 40.5. The number of ketones is 1. The minimum atomic E-state index is -0.303. The van der Waals surface area contributed by atoms with Crippen molar-refractivity contribution in [2.45, 2.75) is 6.42 Å². The third-order valence-corrected chi connectivity index (χ3v) is 6.19. The monoisotopic (exact) mass is 377 g/mol. The fraction of sp³-hybridized carbons (Fsp3) is 0.227. The van der Waals surface area contributed by atoms with Gasteiger partial charge in [-0.2, -0.15) is 0 Å². The zero-order chi connectivity index (χ0) is 18.7. The number of rotatable bonds is 3. The van der Waals surface area contributed by atoms with Crippen molar-refractivity contribution < 1.29 is 14.4 Å². The number of carbonyl (C=O) groups is 3. The number of imide groups is 1. The van der Waals surface area contributed by atoms with Crippen LogP contribution in [0.25, 0.3) is 0 Å². The van der Waals surface area contributed by atoms with Crippen LogP contribution in [-0.4, -0.2) is 17.6 Å². The van der Waals surface area contributed by atoms with E-state index in [2.05, 4.69) is 12.2 Å². The smallest absolute Gasteiger partial charge is 0.238 e. The standard InChI is InChI=1S/C22H16ClNO3/c23-15-8-9-17(16(11-15)20(25)12-4-2-1-3-5-12)24-21(26)18-13-6-7-14(10-13)19(18)22(24)27/h1-9,11,13-14,18-19H,10H2/t13-,14-,18+,19+/m0/s1. The Bertz CT molecular complexity index is 983. The lowest BCUT2D eigenvalue weighted by Gasteiger charge is -2.20. The van der Waals surface area contributed by atoms with Crippen molar-refractivity contribution in [1.29, 1.82) is 0 Å². The second kappa shape index (κ2) is 5.89. The molecule has 1 saturated heterocycles. The number of halogens is 1. The molecule has 27 heavy (non-hydrogen) atoms. The summed E-state index contributed by atoms with van der Waals surface area (Å²) < 4.78 is 0. The first-order valence-corrected chi connectivity index (χ1v) is 9.39. The van der Waals surface area contributed by atoms with Gasteiger partial charge in [0.05, 0.1) is 17.5 Å². The molecule has 0 spiro atoms. The van der Waals surface area contributed by atoms with Crippen molar-refractivity contribution >= 4 is 34.9 Å². The van der Waals surface area contributed by atoms with E-state index in [1.807, 2.05) is 6.07 Å². The maximum atomic E-state index is 13.1. The van der Waals surface area contributed by atoms with Crippen molar-refractivity contribution in [3.05, 3.63) is 76.8 Å². The van der Waals surface area contributed by atoms with Gasteiger partial charge in [-0.05, 0) is 36.5 Å². The van der Waals surface area contributed by atoms with Crippen molar-refractivity contribution in [2.24, 2.45) is 23.7 Å². The van der Waals surface area contributed by atoms with Crippen LogP contribution in [0.5, 0.6) is 0 Å². The Morgan fingerprint density at radius 2 is 1.56 bits per heavy atom. The summed E-state index contributed by atoms with van der Waals surface area (Å²) in [5.41, 5.74) is 1.09. The number of nitrogens with zero attached hydrogens (tertiary/aromatic N) is 1. The molecule has 0 unspecified atom stereocenters. The molecule has 5 rings (SSSR count). The maximum absolute atomic E-state index is 13.1. The van der Waals surface area contributed by atoms with E-state index in [4.69, 9.17) is 11.6 Å². The summed E-state index contributed by atoms with van der Waals surface area (Å²) in [5, 5.41) is 0.388. The van der Waals surface area contributed by atoms with E-state index < -0.39 is 0 Å². The predicted molar refractivity (Wildman–Crippen MR) is 102 cm³/mol. The lowest BCUT2D eigenvalue weighted by molar-refractivity contribution is -0.123. The van der Waals surface area contributed by atoms with E-state index in [-0.39, 0.29) is 46.8 Å². The topological polar surface area (TPSA) is 54.5 Å². The number of hydrogen-bond acceptors (Lipinski definition) is 3. The first-order chi connectivity index (χ1) is 13.1.